The highest BCUT2D eigenvalue weighted by atomic mass is 16.5. The Morgan fingerprint density at radius 2 is 1.70 bits per heavy atom. The predicted octanol–water partition coefficient (Wildman–Crippen LogP) is 3.47. The second kappa shape index (κ2) is 10.1. The number of carbonyl (C=O) groups excluding carboxylic acids is 2. The van der Waals surface area contributed by atoms with Gasteiger partial charge in [-0.2, -0.15) is 0 Å². The van der Waals surface area contributed by atoms with Gasteiger partial charge in [-0.3, -0.25) is 9.59 Å². The molecule has 7 heteroatoms. The topological polar surface area (TPSA) is 77.1 Å². The third-order valence-electron chi connectivity index (χ3n) is 5.50. The predicted molar refractivity (Wildman–Crippen MR) is 125 cm³/mol. The summed E-state index contributed by atoms with van der Waals surface area (Å²) in [6.07, 6.45) is -0.107. The molecule has 1 aliphatic rings. The largest absolute Gasteiger partial charge is 0.493 e. The number of anilines is 1. The first-order chi connectivity index (χ1) is 16.1. The lowest BCUT2D eigenvalue weighted by atomic mass is 10.1. The first kappa shape index (κ1) is 22.2. The van der Waals surface area contributed by atoms with E-state index in [-0.39, 0.29) is 18.4 Å². The molecule has 0 saturated heterocycles. The summed E-state index contributed by atoms with van der Waals surface area (Å²) in [5.74, 6) is 0.965. The van der Waals surface area contributed by atoms with Gasteiger partial charge in [0, 0.05) is 12.1 Å². The number of nitrogens with one attached hydrogen (secondary N) is 1. The average Bonchev–Trinajstić information content (AvgIpc) is 2.87. The fourth-order valence-corrected chi connectivity index (χ4v) is 3.78. The highest BCUT2D eigenvalue weighted by Gasteiger charge is 2.34. The minimum atomic E-state index is -0.820. The molecule has 7 nitrogen and oxygen atoms in total. The van der Waals surface area contributed by atoms with E-state index in [0.717, 1.165) is 5.56 Å². The van der Waals surface area contributed by atoms with Crippen molar-refractivity contribution in [1.29, 1.82) is 0 Å². The van der Waals surface area contributed by atoms with Crippen LogP contribution in [0, 0.1) is 0 Å². The number of benzene rings is 3. The molecule has 0 fully saturated rings. The molecule has 0 radical (unpaired) electrons. The number of methoxy groups -OCH3 is 2. The maximum absolute atomic E-state index is 13.4. The Kier molecular flexibility index (Phi) is 6.78. The van der Waals surface area contributed by atoms with Crippen molar-refractivity contribution in [2.24, 2.45) is 0 Å². The molecule has 1 aliphatic heterocycles. The van der Waals surface area contributed by atoms with Crippen molar-refractivity contribution in [3.8, 4) is 17.2 Å². The quantitative estimate of drug-likeness (QED) is 0.601. The molecule has 0 unspecified atom stereocenters. The zero-order chi connectivity index (χ0) is 23.2. The normalized spacial score (nSPS) is 14.6. The van der Waals surface area contributed by atoms with Crippen LogP contribution in [0.15, 0.2) is 72.8 Å². The summed E-state index contributed by atoms with van der Waals surface area (Å²) in [5.41, 5.74) is 2.18. The Labute approximate surface area is 192 Å². The lowest BCUT2D eigenvalue weighted by molar-refractivity contribution is -0.127. The maximum atomic E-state index is 13.4. The van der Waals surface area contributed by atoms with Gasteiger partial charge in [-0.15, -0.1) is 0 Å². The lowest BCUT2D eigenvalue weighted by Crippen LogP contribution is -2.51. The number of para-hydroxylation sites is 2. The molecule has 170 valence electrons. The van der Waals surface area contributed by atoms with Gasteiger partial charge in [0.2, 0.25) is 0 Å². The zero-order valence-electron chi connectivity index (χ0n) is 18.6. The number of fused-ring (bicyclic) bond motifs is 1. The Hall–Kier alpha value is -4.00. The molecule has 33 heavy (non-hydrogen) atoms. The molecule has 0 aliphatic carbocycles. The van der Waals surface area contributed by atoms with Gasteiger partial charge in [0.1, 0.15) is 5.75 Å². The van der Waals surface area contributed by atoms with Crippen molar-refractivity contribution in [1.82, 2.24) is 5.32 Å². The van der Waals surface area contributed by atoms with E-state index in [0.29, 0.717) is 41.5 Å². The minimum Gasteiger partial charge on any atom is -0.493 e. The summed E-state index contributed by atoms with van der Waals surface area (Å²) in [5, 5.41) is 2.93. The van der Waals surface area contributed by atoms with E-state index in [9.17, 15) is 9.59 Å². The van der Waals surface area contributed by atoms with Crippen molar-refractivity contribution < 1.29 is 23.8 Å². The molecule has 3 aromatic carbocycles. The third kappa shape index (κ3) is 4.92. The second-order valence-electron chi connectivity index (χ2n) is 7.59. The van der Waals surface area contributed by atoms with Gasteiger partial charge in [0.05, 0.1) is 26.5 Å². The smallest absolute Gasteiger partial charge is 0.262 e. The Bertz CT molecular complexity index is 1130. The summed E-state index contributed by atoms with van der Waals surface area (Å²) in [6.45, 7) is 0.579. The number of nitrogens with zero attached hydrogens (tertiary/aromatic N) is 1. The van der Waals surface area contributed by atoms with E-state index in [2.05, 4.69) is 5.32 Å². The number of hydrogen-bond donors (Lipinski definition) is 1. The number of amides is 2. The summed E-state index contributed by atoms with van der Waals surface area (Å²) >= 11 is 0. The van der Waals surface area contributed by atoms with Crippen LogP contribution in [0.2, 0.25) is 0 Å². The molecular formula is C26H26N2O5. The average molecular weight is 447 g/mol. The summed E-state index contributed by atoms with van der Waals surface area (Å²) in [7, 11) is 3.06. The number of hydrogen-bond acceptors (Lipinski definition) is 5. The molecule has 0 saturated carbocycles. The third-order valence-corrected chi connectivity index (χ3v) is 5.50. The fourth-order valence-electron chi connectivity index (χ4n) is 3.78. The van der Waals surface area contributed by atoms with Gasteiger partial charge < -0.3 is 24.4 Å². The molecule has 0 spiro atoms. The van der Waals surface area contributed by atoms with Crippen LogP contribution in [0.5, 0.6) is 17.2 Å². The maximum Gasteiger partial charge on any atom is 0.262 e. The molecule has 0 bridgehead atoms. The molecule has 0 aromatic heterocycles. The molecule has 4 rings (SSSR count). The van der Waals surface area contributed by atoms with Gasteiger partial charge in [-0.1, -0.05) is 42.5 Å². The Morgan fingerprint density at radius 3 is 2.45 bits per heavy atom. The first-order valence-corrected chi connectivity index (χ1v) is 10.7. The van der Waals surface area contributed by atoms with E-state index in [1.54, 1.807) is 42.3 Å². The first-order valence-electron chi connectivity index (χ1n) is 10.7. The Morgan fingerprint density at radius 1 is 0.970 bits per heavy atom. The van der Waals surface area contributed by atoms with Crippen molar-refractivity contribution >= 4 is 17.5 Å². The van der Waals surface area contributed by atoms with Gasteiger partial charge in [0.15, 0.2) is 17.6 Å². The molecule has 2 amide bonds. The monoisotopic (exact) mass is 446 g/mol. The fraction of sp³-hybridized carbons (Fsp3) is 0.231. The molecule has 1 atom stereocenters. The van der Waals surface area contributed by atoms with E-state index in [1.165, 1.54) is 7.11 Å². The van der Waals surface area contributed by atoms with Crippen LogP contribution in [0.4, 0.5) is 5.69 Å². The SMILES string of the molecule is COc1ccc(C(=O)N2C[C@@H](C(=O)NCCc3ccccc3)Oc3ccccc32)cc1OC. The van der Waals surface area contributed by atoms with Gasteiger partial charge in [-0.25, -0.2) is 0 Å². The van der Waals surface area contributed by atoms with Crippen LogP contribution in [-0.4, -0.2) is 45.2 Å². The molecule has 1 N–H and O–H groups in total. The molecule has 1 heterocycles. The van der Waals surface area contributed by atoms with Gasteiger partial charge in [-0.05, 0) is 42.3 Å². The number of rotatable bonds is 7. The summed E-state index contributed by atoms with van der Waals surface area (Å²) < 4.78 is 16.6. The summed E-state index contributed by atoms with van der Waals surface area (Å²) in [6, 6.07) is 22.1. The van der Waals surface area contributed by atoms with Crippen LogP contribution in [0.1, 0.15) is 15.9 Å². The Balaban J connectivity index is 1.51. The number of carbonyl (C=O) groups is 2. The van der Waals surface area contributed by atoms with Crippen LogP contribution in [0.3, 0.4) is 0 Å². The van der Waals surface area contributed by atoms with E-state index in [1.807, 2.05) is 42.5 Å². The lowest BCUT2D eigenvalue weighted by Gasteiger charge is -2.34. The highest BCUT2D eigenvalue weighted by Crippen LogP contribution is 2.35. The van der Waals surface area contributed by atoms with Crippen molar-refractivity contribution in [3.05, 3.63) is 83.9 Å². The highest BCUT2D eigenvalue weighted by molar-refractivity contribution is 6.08. The van der Waals surface area contributed by atoms with E-state index < -0.39 is 6.10 Å². The van der Waals surface area contributed by atoms with Crippen LogP contribution in [-0.2, 0) is 11.2 Å². The van der Waals surface area contributed by atoms with Crippen LogP contribution in [0.25, 0.3) is 0 Å². The van der Waals surface area contributed by atoms with Gasteiger partial charge >= 0.3 is 0 Å². The zero-order valence-corrected chi connectivity index (χ0v) is 18.6. The van der Waals surface area contributed by atoms with Gasteiger partial charge in [0.25, 0.3) is 11.8 Å². The van der Waals surface area contributed by atoms with Crippen molar-refractivity contribution in [2.75, 3.05) is 32.2 Å². The van der Waals surface area contributed by atoms with Crippen molar-refractivity contribution in [2.45, 2.75) is 12.5 Å². The van der Waals surface area contributed by atoms with Crippen LogP contribution < -0.4 is 24.4 Å². The van der Waals surface area contributed by atoms with Crippen LogP contribution >= 0.6 is 0 Å². The minimum absolute atomic E-state index is 0.0986. The van der Waals surface area contributed by atoms with Crippen molar-refractivity contribution in [3.63, 3.8) is 0 Å². The standard InChI is InChI=1S/C26H26N2O5/c1-31-22-13-12-19(16-23(22)32-2)26(30)28-17-24(33-21-11-7-6-10-20(21)28)25(29)27-15-14-18-8-4-3-5-9-18/h3-13,16,24H,14-15,17H2,1-2H3,(H,27,29)/t24-/m0/s1. The van der Waals surface area contributed by atoms with E-state index in [4.69, 9.17) is 14.2 Å². The molecule has 3 aromatic rings. The second-order valence-corrected chi connectivity index (χ2v) is 7.59. The molecular weight excluding hydrogens is 420 g/mol. The summed E-state index contributed by atoms with van der Waals surface area (Å²) in [4.78, 5) is 27.9. The number of ether oxygens (including phenoxy) is 3. The van der Waals surface area contributed by atoms with E-state index >= 15 is 0 Å².